The third-order valence-corrected chi connectivity index (χ3v) is 4.81. The summed E-state index contributed by atoms with van der Waals surface area (Å²) in [6.45, 7) is 14.0. The molecular weight excluding hydrogens is 305 g/mol. The van der Waals surface area contributed by atoms with Gasteiger partial charge in [0.15, 0.2) is 0 Å². The van der Waals surface area contributed by atoms with Crippen molar-refractivity contribution in [1.82, 2.24) is 0 Å². The van der Waals surface area contributed by atoms with E-state index in [4.69, 9.17) is 19.8 Å². The molecule has 0 aliphatic carbocycles. The second kappa shape index (κ2) is 6.08. The second-order valence-corrected chi connectivity index (χ2v) is 8.40. The van der Waals surface area contributed by atoms with Gasteiger partial charge in [-0.2, -0.15) is 0 Å². The molecule has 1 aromatic carbocycles. The van der Waals surface area contributed by atoms with Gasteiger partial charge < -0.3 is 19.8 Å². The van der Waals surface area contributed by atoms with E-state index in [9.17, 15) is 4.79 Å². The van der Waals surface area contributed by atoms with Gasteiger partial charge in [0.05, 0.1) is 11.2 Å². The van der Waals surface area contributed by atoms with Crippen molar-refractivity contribution in [3.63, 3.8) is 0 Å². The van der Waals surface area contributed by atoms with Crippen molar-refractivity contribution < 1.29 is 18.8 Å². The van der Waals surface area contributed by atoms with Gasteiger partial charge in [-0.3, -0.25) is 0 Å². The first-order chi connectivity index (χ1) is 10.8. The molecule has 1 atom stereocenters. The molecule has 0 saturated carbocycles. The molecule has 1 aromatic rings. The van der Waals surface area contributed by atoms with E-state index in [2.05, 4.69) is 0 Å². The number of ether oxygens (including phenoxy) is 1. The zero-order valence-electron chi connectivity index (χ0n) is 15.7. The monoisotopic (exact) mass is 333 g/mol. The second-order valence-electron chi connectivity index (χ2n) is 8.40. The summed E-state index contributed by atoms with van der Waals surface area (Å²) in [4.78, 5) is 11.4. The summed E-state index contributed by atoms with van der Waals surface area (Å²) in [7, 11) is -0.521. The highest BCUT2D eigenvalue weighted by Gasteiger charge is 2.52. The van der Waals surface area contributed by atoms with Crippen molar-refractivity contribution in [2.24, 2.45) is 11.1 Å². The van der Waals surface area contributed by atoms with E-state index < -0.39 is 30.5 Å². The maximum atomic E-state index is 11.4. The number of nitrogens with two attached hydrogens (primary N) is 1. The molecule has 2 rings (SSSR count). The Labute approximate surface area is 145 Å². The normalized spacial score (nSPS) is 20.7. The molecule has 24 heavy (non-hydrogen) atoms. The Kier molecular flexibility index (Phi) is 4.77. The first-order valence-electron chi connectivity index (χ1n) is 8.26. The molecule has 1 unspecified atom stereocenters. The highest BCUT2D eigenvalue weighted by molar-refractivity contribution is 6.62. The fourth-order valence-electron chi connectivity index (χ4n) is 2.76. The number of primary amides is 1. The molecule has 1 saturated heterocycles. The van der Waals surface area contributed by atoms with E-state index >= 15 is 0 Å². The van der Waals surface area contributed by atoms with Crippen LogP contribution in [0.15, 0.2) is 24.3 Å². The summed E-state index contributed by atoms with van der Waals surface area (Å²) < 4.78 is 17.8. The lowest BCUT2D eigenvalue weighted by Gasteiger charge is -2.32. The van der Waals surface area contributed by atoms with Gasteiger partial charge in [-0.15, -0.1) is 0 Å². The van der Waals surface area contributed by atoms with Crippen molar-refractivity contribution in [1.29, 1.82) is 0 Å². The fraction of sp³-hybridized carbons (Fsp3) is 0.611. The number of hydrogen-bond acceptors (Lipinski definition) is 4. The van der Waals surface area contributed by atoms with E-state index in [-0.39, 0.29) is 5.41 Å². The molecule has 6 heteroatoms. The average Bonchev–Trinajstić information content (AvgIpc) is 2.63. The average molecular weight is 333 g/mol. The van der Waals surface area contributed by atoms with Crippen molar-refractivity contribution in [3.8, 4) is 0 Å². The smallest absolute Gasteiger partial charge is 0.441 e. The number of carbonyl (C=O) groups excluding carboxylic acids is 1. The van der Waals surface area contributed by atoms with Crippen molar-refractivity contribution in [2.45, 2.75) is 65.8 Å². The van der Waals surface area contributed by atoms with Gasteiger partial charge in [-0.25, -0.2) is 4.79 Å². The lowest BCUT2D eigenvalue weighted by molar-refractivity contribution is 0.00578. The topological polar surface area (TPSA) is 70.8 Å². The summed E-state index contributed by atoms with van der Waals surface area (Å²) in [6, 6.07) is 7.71. The molecule has 0 spiro atoms. The van der Waals surface area contributed by atoms with Crippen LogP contribution in [0.4, 0.5) is 4.79 Å². The fourth-order valence-corrected chi connectivity index (χ4v) is 2.76. The summed E-state index contributed by atoms with van der Waals surface area (Å²) in [5, 5.41) is 0. The number of hydrogen-bond donors (Lipinski definition) is 1. The van der Waals surface area contributed by atoms with E-state index in [1.807, 2.05) is 72.7 Å². The van der Waals surface area contributed by atoms with E-state index in [1.54, 1.807) is 0 Å². The Hall–Kier alpha value is -1.53. The molecule has 1 fully saturated rings. The van der Waals surface area contributed by atoms with Gasteiger partial charge in [-0.05, 0) is 38.7 Å². The van der Waals surface area contributed by atoms with Crippen LogP contribution in [0.25, 0.3) is 0 Å². The Morgan fingerprint density at radius 2 is 1.62 bits per heavy atom. The quantitative estimate of drug-likeness (QED) is 0.863. The molecule has 0 aromatic heterocycles. The minimum atomic E-state index is -0.793. The predicted molar refractivity (Wildman–Crippen MR) is 95.0 cm³/mol. The Morgan fingerprint density at radius 3 is 2.08 bits per heavy atom. The lowest BCUT2D eigenvalue weighted by Crippen LogP contribution is -2.41. The van der Waals surface area contributed by atoms with Crippen LogP contribution < -0.4 is 11.2 Å². The molecule has 1 aliphatic rings. The highest BCUT2D eigenvalue weighted by atomic mass is 16.7. The van der Waals surface area contributed by atoms with Gasteiger partial charge in [0, 0.05) is 5.41 Å². The largest absolute Gasteiger partial charge is 0.495 e. The minimum absolute atomic E-state index is 0.325. The molecule has 132 valence electrons. The van der Waals surface area contributed by atoms with Crippen molar-refractivity contribution in [2.75, 3.05) is 0 Å². The molecular formula is C18H28BNO4. The van der Waals surface area contributed by atoms with Gasteiger partial charge in [0.2, 0.25) is 0 Å². The standard InChI is InChI=1S/C18H28BNO4/c1-16(2,3)14(22-15(20)21)12-10-8-9-11-13(12)19-23-17(4,5)18(6,7)24-19/h8-11,14H,1-7H3,(H2,20,21). The maximum absolute atomic E-state index is 11.4. The SMILES string of the molecule is CC(C)(C)C(OC(N)=O)c1ccccc1B1OC(C)(C)C(C)(C)O1. The third kappa shape index (κ3) is 3.60. The third-order valence-electron chi connectivity index (χ3n) is 4.81. The van der Waals surface area contributed by atoms with Crippen LogP contribution in [-0.4, -0.2) is 24.4 Å². The van der Waals surface area contributed by atoms with Crippen LogP contribution >= 0.6 is 0 Å². The molecule has 5 nitrogen and oxygen atoms in total. The highest BCUT2D eigenvalue weighted by Crippen LogP contribution is 2.39. The lowest BCUT2D eigenvalue weighted by atomic mass is 9.71. The van der Waals surface area contributed by atoms with Crippen molar-refractivity contribution >= 4 is 18.7 Å². The Morgan fingerprint density at radius 1 is 1.12 bits per heavy atom. The maximum Gasteiger partial charge on any atom is 0.495 e. The zero-order valence-corrected chi connectivity index (χ0v) is 15.7. The van der Waals surface area contributed by atoms with Crippen molar-refractivity contribution in [3.05, 3.63) is 29.8 Å². The van der Waals surface area contributed by atoms with Gasteiger partial charge in [-0.1, -0.05) is 45.0 Å². The summed E-state index contributed by atoms with van der Waals surface area (Å²) >= 11 is 0. The van der Waals surface area contributed by atoms with Gasteiger partial charge in [0.1, 0.15) is 6.10 Å². The first-order valence-corrected chi connectivity index (χ1v) is 8.26. The molecule has 0 radical (unpaired) electrons. The van der Waals surface area contributed by atoms with Crippen LogP contribution in [-0.2, 0) is 14.0 Å². The molecule has 0 bridgehead atoms. The Balaban J connectivity index is 2.46. The first kappa shape index (κ1) is 18.8. The number of rotatable bonds is 3. The van der Waals surface area contributed by atoms with Gasteiger partial charge >= 0.3 is 13.2 Å². The van der Waals surface area contributed by atoms with E-state index in [0.29, 0.717) is 0 Å². The molecule has 1 aliphatic heterocycles. The number of benzene rings is 1. The summed E-state index contributed by atoms with van der Waals surface area (Å²) in [6.07, 6.45) is -1.29. The molecule has 1 heterocycles. The Bertz CT molecular complexity index is 606. The minimum Gasteiger partial charge on any atom is -0.441 e. The van der Waals surface area contributed by atoms with Crippen LogP contribution in [0.1, 0.15) is 60.1 Å². The van der Waals surface area contributed by atoms with Gasteiger partial charge in [0.25, 0.3) is 0 Å². The molecule has 1 amide bonds. The summed E-state index contributed by atoms with van der Waals surface area (Å²) in [5.74, 6) is 0. The van der Waals surface area contributed by atoms with E-state index in [0.717, 1.165) is 11.0 Å². The number of amides is 1. The predicted octanol–water partition coefficient (Wildman–Crippen LogP) is 3.17. The van der Waals surface area contributed by atoms with Crippen LogP contribution in [0, 0.1) is 5.41 Å². The van der Waals surface area contributed by atoms with Crippen LogP contribution in [0.3, 0.4) is 0 Å². The van der Waals surface area contributed by atoms with E-state index in [1.165, 1.54) is 0 Å². The zero-order chi connectivity index (χ0) is 18.3. The van der Waals surface area contributed by atoms with Crippen LogP contribution in [0.2, 0.25) is 0 Å². The summed E-state index contributed by atoms with van der Waals surface area (Å²) in [5.41, 5.74) is 5.80. The molecule has 2 N–H and O–H groups in total. The van der Waals surface area contributed by atoms with Crippen LogP contribution in [0.5, 0.6) is 0 Å². The number of carbonyl (C=O) groups is 1.